The van der Waals surface area contributed by atoms with Crippen LogP contribution in [0.15, 0.2) is 6.20 Å². The van der Waals surface area contributed by atoms with Gasteiger partial charge >= 0.3 is 0 Å². The normalized spacial score (nSPS) is 10.0. The molecule has 72 valence electrons. The number of aromatic amines is 1. The number of carbonyl (C=O) groups is 1. The van der Waals surface area contributed by atoms with E-state index >= 15 is 0 Å². The lowest BCUT2D eigenvalue weighted by Crippen LogP contribution is -2.25. The van der Waals surface area contributed by atoms with Crippen LogP contribution in [0.4, 0.5) is 0 Å². The average Bonchev–Trinajstić information content (AvgIpc) is 2.52. The Balaban J connectivity index is 2.45. The Morgan fingerprint density at radius 3 is 3.08 bits per heavy atom. The van der Waals surface area contributed by atoms with Crippen molar-refractivity contribution in [2.75, 3.05) is 13.2 Å². The Bertz CT molecular complexity index is 287. The maximum Gasteiger partial charge on any atom is 0.270 e. The highest BCUT2D eigenvalue weighted by Gasteiger charge is 2.10. The topological polar surface area (TPSA) is 78.0 Å². The lowest BCUT2D eigenvalue weighted by atomic mass is 10.4. The summed E-state index contributed by atoms with van der Waals surface area (Å²) in [5, 5.41) is 17.4. The molecular formula is C7H10ClN3O2. The summed E-state index contributed by atoms with van der Waals surface area (Å²) in [5.41, 5.74) is 0.250. The zero-order valence-corrected chi connectivity index (χ0v) is 7.64. The maximum absolute atomic E-state index is 11.3. The van der Waals surface area contributed by atoms with Crippen LogP contribution in [0.3, 0.4) is 0 Å². The molecule has 5 nitrogen and oxygen atoms in total. The molecule has 0 atom stereocenters. The molecular weight excluding hydrogens is 194 g/mol. The third kappa shape index (κ3) is 2.71. The largest absolute Gasteiger partial charge is 0.396 e. The molecule has 0 unspecified atom stereocenters. The molecule has 0 aliphatic rings. The minimum absolute atomic E-state index is 0.0526. The van der Waals surface area contributed by atoms with Crippen LogP contribution in [-0.2, 0) is 0 Å². The minimum atomic E-state index is -0.309. The first-order valence-electron chi connectivity index (χ1n) is 3.83. The van der Waals surface area contributed by atoms with Gasteiger partial charge in [0.1, 0.15) is 5.69 Å². The molecule has 1 aromatic rings. The van der Waals surface area contributed by atoms with E-state index in [9.17, 15) is 4.79 Å². The van der Waals surface area contributed by atoms with Crippen LogP contribution in [-0.4, -0.2) is 34.4 Å². The van der Waals surface area contributed by atoms with Crippen molar-refractivity contribution in [1.29, 1.82) is 0 Å². The van der Waals surface area contributed by atoms with Gasteiger partial charge in [0.2, 0.25) is 0 Å². The van der Waals surface area contributed by atoms with Crippen molar-refractivity contribution in [2.45, 2.75) is 6.42 Å². The molecule has 0 aliphatic carbocycles. The van der Waals surface area contributed by atoms with Gasteiger partial charge < -0.3 is 10.4 Å². The van der Waals surface area contributed by atoms with Crippen LogP contribution in [0, 0.1) is 0 Å². The number of aliphatic hydroxyl groups is 1. The van der Waals surface area contributed by atoms with E-state index in [0.717, 1.165) is 0 Å². The second-order valence-corrected chi connectivity index (χ2v) is 2.83. The Hall–Kier alpha value is -1.07. The van der Waals surface area contributed by atoms with Crippen LogP contribution in [0.5, 0.6) is 0 Å². The highest BCUT2D eigenvalue weighted by atomic mass is 35.5. The number of nitrogens with zero attached hydrogens (tertiary/aromatic N) is 1. The fourth-order valence-electron chi connectivity index (χ4n) is 0.800. The third-order valence-corrected chi connectivity index (χ3v) is 1.73. The van der Waals surface area contributed by atoms with E-state index in [0.29, 0.717) is 18.0 Å². The van der Waals surface area contributed by atoms with Gasteiger partial charge in [-0.2, -0.15) is 5.10 Å². The summed E-state index contributed by atoms with van der Waals surface area (Å²) < 4.78 is 0. The molecule has 1 aromatic heterocycles. The van der Waals surface area contributed by atoms with E-state index in [1.54, 1.807) is 0 Å². The Morgan fingerprint density at radius 2 is 2.54 bits per heavy atom. The number of aromatic nitrogens is 2. The van der Waals surface area contributed by atoms with Crippen molar-refractivity contribution in [3.63, 3.8) is 0 Å². The van der Waals surface area contributed by atoms with E-state index < -0.39 is 0 Å². The number of halogens is 1. The van der Waals surface area contributed by atoms with Gasteiger partial charge in [-0.25, -0.2) is 0 Å². The number of aliphatic hydroxyl groups excluding tert-OH is 1. The fraction of sp³-hybridized carbons (Fsp3) is 0.429. The van der Waals surface area contributed by atoms with Crippen LogP contribution in [0.25, 0.3) is 0 Å². The predicted molar refractivity (Wildman–Crippen MR) is 47.6 cm³/mol. The van der Waals surface area contributed by atoms with Gasteiger partial charge in [0.05, 0.1) is 11.2 Å². The van der Waals surface area contributed by atoms with E-state index in [4.69, 9.17) is 16.7 Å². The van der Waals surface area contributed by atoms with Crippen LogP contribution < -0.4 is 5.32 Å². The second kappa shape index (κ2) is 4.84. The number of carbonyl (C=O) groups excluding carboxylic acids is 1. The Labute approximate surface area is 80.1 Å². The summed E-state index contributed by atoms with van der Waals surface area (Å²) in [5.74, 6) is -0.309. The van der Waals surface area contributed by atoms with E-state index in [2.05, 4.69) is 15.5 Å². The molecule has 3 N–H and O–H groups in total. The van der Waals surface area contributed by atoms with Gasteiger partial charge in [0, 0.05) is 13.2 Å². The van der Waals surface area contributed by atoms with Crippen molar-refractivity contribution in [3.8, 4) is 0 Å². The quantitative estimate of drug-likeness (QED) is 0.611. The van der Waals surface area contributed by atoms with Gasteiger partial charge in [-0.3, -0.25) is 9.89 Å². The molecule has 0 fully saturated rings. The Kier molecular flexibility index (Phi) is 3.72. The first kappa shape index (κ1) is 10.0. The summed E-state index contributed by atoms with van der Waals surface area (Å²) in [6.07, 6.45) is 1.89. The molecule has 0 saturated heterocycles. The molecule has 1 amide bonds. The summed E-state index contributed by atoms with van der Waals surface area (Å²) in [7, 11) is 0. The number of H-pyrrole nitrogens is 1. The van der Waals surface area contributed by atoms with Gasteiger partial charge in [-0.05, 0) is 6.42 Å². The molecule has 0 bridgehead atoms. The smallest absolute Gasteiger partial charge is 0.270 e. The molecule has 1 rings (SSSR count). The van der Waals surface area contributed by atoms with Gasteiger partial charge in [0.15, 0.2) is 0 Å². The summed E-state index contributed by atoms with van der Waals surface area (Å²) in [4.78, 5) is 11.3. The minimum Gasteiger partial charge on any atom is -0.396 e. The molecule has 0 radical (unpaired) electrons. The van der Waals surface area contributed by atoms with Gasteiger partial charge in [-0.15, -0.1) is 0 Å². The number of hydrogen-bond donors (Lipinski definition) is 3. The SMILES string of the molecule is O=C(NCCCO)c1[nH]ncc1Cl. The number of nitrogens with one attached hydrogen (secondary N) is 2. The zero-order chi connectivity index (χ0) is 9.68. The van der Waals surface area contributed by atoms with Crippen LogP contribution in [0.2, 0.25) is 5.02 Å². The summed E-state index contributed by atoms with van der Waals surface area (Å²) >= 11 is 5.64. The second-order valence-electron chi connectivity index (χ2n) is 2.43. The first-order chi connectivity index (χ1) is 6.25. The van der Waals surface area contributed by atoms with Crippen molar-refractivity contribution in [3.05, 3.63) is 16.9 Å². The summed E-state index contributed by atoms with van der Waals surface area (Å²) in [6.45, 7) is 0.474. The van der Waals surface area contributed by atoms with Crippen molar-refractivity contribution >= 4 is 17.5 Å². The van der Waals surface area contributed by atoms with Crippen molar-refractivity contribution < 1.29 is 9.90 Å². The highest BCUT2D eigenvalue weighted by molar-refractivity contribution is 6.33. The van der Waals surface area contributed by atoms with E-state index in [-0.39, 0.29) is 18.2 Å². The molecule has 0 aliphatic heterocycles. The fourth-order valence-corrected chi connectivity index (χ4v) is 0.977. The van der Waals surface area contributed by atoms with E-state index in [1.165, 1.54) is 6.20 Å². The average molecular weight is 204 g/mol. The monoisotopic (exact) mass is 203 g/mol. The predicted octanol–water partition coefficient (Wildman–Crippen LogP) is 0.175. The molecule has 1 heterocycles. The molecule has 13 heavy (non-hydrogen) atoms. The summed E-state index contributed by atoms with van der Waals surface area (Å²) in [6, 6.07) is 0. The van der Waals surface area contributed by atoms with Crippen LogP contribution in [0.1, 0.15) is 16.9 Å². The first-order valence-corrected chi connectivity index (χ1v) is 4.21. The lowest BCUT2D eigenvalue weighted by molar-refractivity contribution is 0.0946. The Morgan fingerprint density at radius 1 is 1.77 bits per heavy atom. The van der Waals surface area contributed by atoms with Gasteiger partial charge in [0.25, 0.3) is 5.91 Å². The zero-order valence-electron chi connectivity index (χ0n) is 6.88. The molecule has 0 spiro atoms. The van der Waals surface area contributed by atoms with E-state index in [1.807, 2.05) is 0 Å². The molecule has 6 heteroatoms. The maximum atomic E-state index is 11.3. The molecule has 0 saturated carbocycles. The number of hydrogen-bond acceptors (Lipinski definition) is 3. The number of rotatable bonds is 4. The third-order valence-electron chi connectivity index (χ3n) is 1.44. The van der Waals surface area contributed by atoms with Crippen molar-refractivity contribution in [2.24, 2.45) is 0 Å². The van der Waals surface area contributed by atoms with Gasteiger partial charge in [-0.1, -0.05) is 11.6 Å². The lowest BCUT2D eigenvalue weighted by Gasteiger charge is -2.01. The highest BCUT2D eigenvalue weighted by Crippen LogP contribution is 2.10. The standard InChI is InChI=1S/C7H10ClN3O2/c8-5-4-10-11-6(5)7(13)9-2-1-3-12/h4,12H,1-3H2,(H,9,13)(H,10,11). The molecule has 0 aromatic carbocycles. The van der Waals surface area contributed by atoms with Crippen molar-refractivity contribution in [1.82, 2.24) is 15.5 Å². The number of amides is 1. The van der Waals surface area contributed by atoms with Crippen LogP contribution >= 0.6 is 11.6 Å².